The maximum atomic E-state index is 10.6. The van der Waals surface area contributed by atoms with E-state index in [0.29, 0.717) is 6.42 Å². The van der Waals surface area contributed by atoms with Gasteiger partial charge >= 0.3 is 11.9 Å². The Morgan fingerprint density at radius 3 is 2.23 bits per heavy atom. The Bertz CT molecular complexity index is 240. The highest BCUT2D eigenvalue weighted by atomic mass is 16.4. The number of rotatable bonds is 4. The van der Waals surface area contributed by atoms with E-state index in [9.17, 15) is 9.59 Å². The van der Waals surface area contributed by atoms with E-state index >= 15 is 0 Å². The molecule has 74 valence electrons. The highest BCUT2D eigenvalue weighted by molar-refractivity contribution is 5.80. The van der Waals surface area contributed by atoms with Crippen molar-refractivity contribution in [1.29, 1.82) is 0 Å². The van der Waals surface area contributed by atoms with Crippen molar-refractivity contribution in [2.75, 3.05) is 0 Å². The molecule has 5 nitrogen and oxygen atoms in total. The minimum absolute atomic E-state index is 0.0661. The molecule has 0 radical (unpaired) electrons. The second kappa shape index (κ2) is 3.33. The van der Waals surface area contributed by atoms with E-state index in [1.165, 1.54) is 0 Å². The predicted molar refractivity (Wildman–Crippen MR) is 44.0 cm³/mol. The zero-order valence-corrected chi connectivity index (χ0v) is 7.30. The fourth-order valence-corrected chi connectivity index (χ4v) is 1.93. The van der Waals surface area contributed by atoms with Crippen LogP contribution in [0.4, 0.5) is 0 Å². The van der Waals surface area contributed by atoms with Gasteiger partial charge < -0.3 is 15.9 Å². The maximum absolute atomic E-state index is 10.6. The van der Waals surface area contributed by atoms with E-state index in [1.54, 1.807) is 0 Å². The smallest absolute Gasteiger partial charge is 0.320 e. The van der Waals surface area contributed by atoms with Crippen LogP contribution in [0.5, 0.6) is 0 Å². The van der Waals surface area contributed by atoms with Crippen LogP contribution in [0.3, 0.4) is 0 Å². The summed E-state index contributed by atoms with van der Waals surface area (Å²) in [4.78, 5) is 21.1. The molecule has 13 heavy (non-hydrogen) atoms. The predicted octanol–water partition coefficient (Wildman–Crippen LogP) is -0.245. The molecule has 0 spiro atoms. The summed E-state index contributed by atoms with van der Waals surface area (Å²) in [6.07, 6.45) is 0.669. The van der Waals surface area contributed by atoms with E-state index in [-0.39, 0.29) is 11.8 Å². The minimum atomic E-state index is -1.12. The fourth-order valence-electron chi connectivity index (χ4n) is 1.93. The van der Waals surface area contributed by atoms with Crippen molar-refractivity contribution in [1.82, 2.24) is 0 Å². The van der Waals surface area contributed by atoms with Crippen LogP contribution in [0.1, 0.15) is 13.3 Å². The number of hydrogen-bond acceptors (Lipinski definition) is 3. The van der Waals surface area contributed by atoms with Crippen LogP contribution in [-0.4, -0.2) is 28.2 Å². The van der Waals surface area contributed by atoms with Crippen LogP contribution >= 0.6 is 0 Å². The quantitative estimate of drug-likeness (QED) is 0.563. The molecule has 0 heterocycles. The normalized spacial score (nSPS) is 33.8. The van der Waals surface area contributed by atoms with Crippen molar-refractivity contribution in [2.45, 2.75) is 19.4 Å². The van der Waals surface area contributed by atoms with Gasteiger partial charge in [0.15, 0.2) is 0 Å². The lowest BCUT2D eigenvalue weighted by molar-refractivity contribution is -0.140. The summed E-state index contributed by atoms with van der Waals surface area (Å²) in [6.45, 7) is 1.84. The van der Waals surface area contributed by atoms with Gasteiger partial charge in [0, 0.05) is 5.92 Å². The Labute approximate surface area is 75.5 Å². The van der Waals surface area contributed by atoms with E-state index in [1.807, 2.05) is 6.92 Å². The van der Waals surface area contributed by atoms with Crippen molar-refractivity contribution in [3.63, 3.8) is 0 Å². The molecule has 0 aromatic carbocycles. The van der Waals surface area contributed by atoms with Crippen LogP contribution in [-0.2, 0) is 9.59 Å². The second-order valence-electron chi connectivity index (χ2n) is 3.38. The van der Waals surface area contributed by atoms with Crippen molar-refractivity contribution in [3.05, 3.63) is 0 Å². The first-order chi connectivity index (χ1) is 6.00. The van der Waals surface area contributed by atoms with Crippen molar-refractivity contribution in [2.24, 2.45) is 23.5 Å². The van der Waals surface area contributed by atoms with Gasteiger partial charge in [-0.25, -0.2) is 0 Å². The number of hydrogen-bond donors (Lipinski definition) is 3. The second-order valence-corrected chi connectivity index (χ2v) is 3.38. The Morgan fingerprint density at radius 2 is 2.00 bits per heavy atom. The number of carboxylic acids is 2. The van der Waals surface area contributed by atoms with Crippen LogP contribution in [0.2, 0.25) is 0 Å². The molecule has 1 rings (SSSR count). The molecular weight excluding hydrogens is 174 g/mol. The molecule has 5 heteroatoms. The number of carboxylic acid groups (broad SMARTS) is 2. The molecule has 1 aliphatic rings. The third-order valence-corrected chi connectivity index (χ3v) is 2.69. The summed E-state index contributed by atoms with van der Waals surface area (Å²) in [7, 11) is 0. The summed E-state index contributed by atoms with van der Waals surface area (Å²) in [6, 6.07) is -1.04. The lowest BCUT2D eigenvalue weighted by Crippen LogP contribution is -2.34. The minimum Gasteiger partial charge on any atom is -0.481 e. The Balaban J connectivity index is 2.63. The van der Waals surface area contributed by atoms with Crippen LogP contribution in [0.25, 0.3) is 0 Å². The van der Waals surface area contributed by atoms with Gasteiger partial charge in [-0.2, -0.15) is 0 Å². The van der Waals surface area contributed by atoms with E-state index in [0.717, 1.165) is 0 Å². The van der Waals surface area contributed by atoms with Gasteiger partial charge in [0.05, 0.1) is 5.92 Å². The van der Waals surface area contributed by atoms with Gasteiger partial charge in [-0.3, -0.25) is 9.59 Å². The first-order valence-electron chi connectivity index (χ1n) is 4.21. The lowest BCUT2D eigenvalue weighted by atomic mass is 10.1. The standard InChI is InChI=1S/C8H13NO4/c1-2-3-4(5(3)7(10)11)6(9)8(12)13/h3-6H,2,9H2,1H3,(H,10,11)(H,12,13). The zero-order chi connectivity index (χ0) is 10.2. The Morgan fingerprint density at radius 1 is 1.46 bits per heavy atom. The van der Waals surface area contributed by atoms with Gasteiger partial charge in [-0.15, -0.1) is 0 Å². The molecule has 4 N–H and O–H groups in total. The average Bonchev–Trinajstić information content (AvgIpc) is 2.76. The molecule has 4 atom stereocenters. The monoisotopic (exact) mass is 187 g/mol. The summed E-state index contributed by atoms with van der Waals surface area (Å²) < 4.78 is 0. The van der Waals surface area contributed by atoms with Crippen LogP contribution in [0.15, 0.2) is 0 Å². The van der Waals surface area contributed by atoms with Gasteiger partial charge in [0.2, 0.25) is 0 Å². The molecule has 0 amide bonds. The summed E-state index contributed by atoms with van der Waals surface area (Å²) in [5.74, 6) is -3.07. The topological polar surface area (TPSA) is 101 Å². The molecule has 0 aromatic heterocycles. The van der Waals surface area contributed by atoms with Gasteiger partial charge in [-0.05, 0) is 5.92 Å². The Hall–Kier alpha value is -1.10. The zero-order valence-electron chi connectivity index (χ0n) is 7.30. The molecule has 1 saturated carbocycles. The summed E-state index contributed by atoms with van der Waals surface area (Å²) in [5, 5.41) is 17.3. The van der Waals surface area contributed by atoms with E-state index in [4.69, 9.17) is 15.9 Å². The lowest BCUT2D eigenvalue weighted by Gasteiger charge is -2.03. The number of nitrogens with two attached hydrogens (primary N) is 1. The number of carbonyl (C=O) groups is 2. The van der Waals surface area contributed by atoms with Crippen molar-refractivity contribution in [3.8, 4) is 0 Å². The third kappa shape index (κ3) is 1.65. The molecule has 1 aliphatic carbocycles. The fraction of sp³-hybridized carbons (Fsp3) is 0.750. The van der Waals surface area contributed by atoms with E-state index in [2.05, 4.69) is 0 Å². The van der Waals surface area contributed by atoms with E-state index < -0.39 is 23.9 Å². The maximum Gasteiger partial charge on any atom is 0.320 e. The molecule has 0 bridgehead atoms. The highest BCUT2D eigenvalue weighted by Gasteiger charge is 2.58. The first-order valence-corrected chi connectivity index (χ1v) is 4.21. The Kier molecular flexibility index (Phi) is 2.56. The van der Waals surface area contributed by atoms with Gasteiger partial charge in [-0.1, -0.05) is 13.3 Å². The molecular formula is C8H13NO4. The van der Waals surface area contributed by atoms with Gasteiger partial charge in [0.1, 0.15) is 6.04 Å². The van der Waals surface area contributed by atoms with Crippen molar-refractivity contribution < 1.29 is 19.8 Å². The highest BCUT2D eigenvalue weighted by Crippen LogP contribution is 2.50. The summed E-state index contributed by atoms with van der Waals surface area (Å²) >= 11 is 0. The SMILES string of the molecule is CCC1C(C(=O)O)C1C(N)C(=O)O. The summed E-state index contributed by atoms with van der Waals surface area (Å²) in [5.41, 5.74) is 5.35. The molecule has 4 unspecified atom stereocenters. The first kappa shape index (κ1) is 9.98. The van der Waals surface area contributed by atoms with Crippen LogP contribution in [0, 0.1) is 17.8 Å². The molecule has 1 fully saturated rings. The third-order valence-electron chi connectivity index (χ3n) is 2.69. The average molecular weight is 187 g/mol. The molecule has 0 aliphatic heterocycles. The van der Waals surface area contributed by atoms with Crippen LogP contribution < -0.4 is 5.73 Å². The largest absolute Gasteiger partial charge is 0.481 e. The molecule has 0 aromatic rings. The van der Waals surface area contributed by atoms with Gasteiger partial charge in [0.25, 0.3) is 0 Å². The van der Waals surface area contributed by atoms with Crippen molar-refractivity contribution >= 4 is 11.9 Å². The number of aliphatic carboxylic acids is 2. The molecule has 0 saturated heterocycles.